The van der Waals surface area contributed by atoms with Crippen molar-refractivity contribution in [2.45, 2.75) is 45.2 Å². The second-order valence-electron chi connectivity index (χ2n) is 5.45. The molecule has 1 aromatic rings. The number of hydrogen-bond donors (Lipinski definition) is 1. The van der Waals surface area contributed by atoms with Gasteiger partial charge < -0.3 is 14.6 Å². The van der Waals surface area contributed by atoms with Crippen molar-refractivity contribution in [3.63, 3.8) is 0 Å². The number of nitrogens with zero attached hydrogens (tertiary/aromatic N) is 2. The first-order valence-electron chi connectivity index (χ1n) is 6.74. The molecule has 0 aromatic carbocycles. The number of oxazole rings is 1. The fraction of sp³-hybridized carbons (Fsp3) is 0.769. The van der Waals surface area contributed by atoms with Crippen LogP contribution >= 0.6 is 0 Å². The predicted molar refractivity (Wildman–Crippen MR) is 67.0 cm³/mol. The minimum absolute atomic E-state index is 0.728. The van der Waals surface area contributed by atoms with Gasteiger partial charge in [0.2, 0.25) is 0 Å². The molecule has 4 heteroatoms. The molecule has 2 heterocycles. The zero-order valence-corrected chi connectivity index (χ0v) is 10.5. The van der Waals surface area contributed by atoms with E-state index in [0.717, 1.165) is 43.3 Å². The van der Waals surface area contributed by atoms with Gasteiger partial charge in [0.15, 0.2) is 0 Å². The van der Waals surface area contributed by atoms with Crippen LogP contribution in [0.3, 0.4) is 0 Å². The van der Waals surface area contributed by atoms with E-state index in [1.165, 1.54) is 25.7 Å². The first-order chi connectivity index (χ1) is 8.31. The third kappa shape index (κ3) is 2.80. The van der Waals surface area contributed by atoms with E-state index in [2.05, 4.69) is 22.1 Å². The highest BCUT2D eigenvalue weighted by Gasteiger charge is 2.22. The summed E-state index contributed by atoms with van der Waals surface area (Å²) in [5.41, 5.74) is 1.03. The molecule has 1 aliphatic heterocycles. The molecule has 17 heavy (non-hydrogen) atoms. The van der Waals surface area contributed by atoms with Gasteiger partial charge in [-0.2, -0.15) is 4.98 Å². The van der Waals surface area contributed by atoms with Gasteiger partial charge in [-0.1, -0.05) is 6.92 Å². The standard InChI is InChI=1S/C13H21N3O/c1-10-4-6-16(7-5-10)13-15-12(9-17-13)8-14-11-2-3-11/h9-11,14H,2-8H2,1H3. The molecule has 2 fully saturated rings. The second kappa shape index (κ2) is 4.69. The van der Waals surface area contributed by atoms with Crippen LogP contribution in [0.5, 0.6) is 0 Å². The van der Waals surface area contributed by atoms with Gasteiger partial charge in [0, 0.05) is 25.7 Å². The Hall–Kier alpha value is -1.03. The van der Waals surface area contributed by atoms with Crippen LogP contribution in [0.25, 0.3) is 0 Å². The highest BCUT2D eigenvalue weighted by atomic mass is 16.4. The smallest absolute Gasteiger partial charge is 0.297 e. The minimum atomic E-state index is 0.728. The molecule has 2 aliphatic rings. The van der Waals surface area contributed by atoms with Crippen LogP contribution in [0, 0.1) is 5.92 Å². The summed E-state index contributed by atoms with van der Waals surface area (Å²) < 4.78 is 5.57. The van der Waals surface area contributed by atoms with Gasteiger partial charge in [-0.05, 0) is 31.6 Å². The van der Waals surface area contributed by atoms with E-state index in [-0.39, 0.29) is 0 Å². The quantitative estimate of drug-likeness (QED) is 0.868. The van der Waals surface area contributed by atoms with E-state index < -0.39 is 0 Å². The highest BCUT2D eigenvalue weighted by Crippen LogP contribution is 2.23. The molecule has 1 saturated carbocycles. The summed E-state index contributed by atoms with van der Waals surface area (Å²) in [4.78, 5) is 6.82. The average Bonchev–Trinajstić information content (AvgIpc) is 3.06. The fourth-order valence-electron chi connectivity index (χ4n) is 2.26. The minimum Gasteiger partial charge on any atom is -0.432 e. The molecule has 3 rings (SSSR count). The van der Waals surface area contributed by atoms with E-state index in [4.69, 9.17) is 4.42 Å². The molecule has 4 nitrogen and oxygen atoms in total. The maximum absolute atomic E-state index is 5.57. The van der Waals surface area contributed by atoms with Gasteiger partial charge in [-0.15, -0.1) is 0 Å². The molecule has 0 radical (unpaired) electrons. The van der Waals surface area contributed by atoms with E-state index in [9.17, 15) is 0 Å². The van der Waals surface area contributed by atoms with Gasteiger partial charge in [0.25, 0.3) is 6.01 Å². The second-order valence-corrected chi connectivity index (χ2v) is 5.45. The monoisotopic (exact) mass is 235 g/mol. The van der Waals surface area contributed by atoms with Crippen molar-refractivity contribution in [2.75, 3.05) is 18.0 Å². The average molecular weight is 235 g/mol. The number of rotatable bonds is 4. The van der Waals surface area contributed by atoms with Crippen molar-refractivity contribution in [1.29, 1.82) is 0 Å². The lowest BCUT2D eigenvalue weighted by molar-refractivity contribution is 0.413. The fourth-order valence-corrected chi connectivity index (χ4v) is 2.26. The number of piperidine rings is 1. The van der Waals surface area contributed by atoms with Crippen molar-refractivity contribution in [3.05, 3.63) is 12.0 Å². The predicted octanol–water partition coefficient (Wildman–Crippen LogP) is 2.16. The van der Waals surface area contributed by atoms with Gasteiger partial charge in [-0.25, -0.2) is 0 Å². The van der Waals surface area contributed by atoms with Crippen LogP contribution in [0.2, 0.25) is 0 Å². The van der Waals surface area contributed by atoms with Crippen LogP contribution in [-0.2, 0) is 6.54 Å². The maximum Gasteiger partial charge on any atom is 0.297 e. The summed E-state index contributed by atoms with van der Waals surface area (Å²) in [6.07, 6.45) is 6.92. The van der Waals surface area contributed by atoms with E-state index >= 15 is 0 Å². The van der Waals surface area contributed by atoms with Crippen molar-refractivity contribution in [1.82, 2.24) is 10.3 Å². The molecule has 1 saturated heterocycles. The van der Waals surface area contributed by atoms with E-state index in [1.807, 2.05) is 0 Å². The van der Waals surface area contributed by atoms with Crippen molar-refractivity contribution in [2.24, 2.45) is 5.92 Å². The van der Waals surface area contributed by atoms with Gasteiger partial charge in [0.05, 0.1) is 5.69 Å². The Morgan fingerprint density at radius 2 is 2.12 bits per heavy atom. The van der Waals surface area contributed by atoms with Crippen molar-refractivity contribution in [3.8, 4) is 0 Å². The Kier molecular flexibility index (Phi) is 3.05. The Labute approximate surface area is 102 Å². The number of aromatic nitrogens is 1. The van der Waals surface area contributed by atoms with Crippen LogP contribution in [0.4, 0.5) is 6.01 Å². The topological polar surface area (TPSA) is 41.3 Å². The Bertz CT molecular complexity index is 364. The van der Waals surface area contributed by atoms with Gasteiger partial charge in [0.1, 0.15) is 6.26 Å². The Morgan fingerprint density at radius 1 is 1.35 bits per heavy atom. The Balaban J connectivity index is 1.55. The first-order valence-corrected chi connectivity index (χ1v) is 6.74. The Morgan fingerprint density at radius 3 is 2.82 bits per heavy atom. The summed E-state index contributed by atoms with van der Waals surface area (Å²) in [5, 5.41) is 3.46. The zero-order valence-electron chi connectivity index (χ0n) is 10.5. The molecule has 1 aliphatic carbocycles. The van der Waals surface area contributed by atoms with Gasteiger partial charge in [-0.3, -0.25) is 0 Å². The lowest BCUT2D eigenvalue weighted by atomic mass is 10.00. The molecule has 0 spiro atoms. The summed E-state index contributed by atoms with van der Waals surface area (Å²) in [5.74, 6) is 0.845. The van der Waals surface area contributed by atoms with Crippen molar-refractivity contribution < 1.29 is 4.42 Å². The molecule has 0 amide bonds. The van der Waals surface area contributed by atoms with Crippen LogP contribution in [-0.4, -0.2) is 24.1 Å². The van der Waals surface area contributed by atoms with E-state index in [1.54, 1.807) is 6.26 Å². The molecule has 1 aromatic heterocycles. The SMILES string of the molecule is CC1CCN(c2nc(CNC3CC3)co2)CC1. The van der Waals surface area contributed by atoms with Crippen LogP contribution in [0.1, 0.15) is 38.3 Å². The van der Waals surface area contributed by atoms with Crippen LogP contribution < -0.4 is 10.2 Å². The molecule has 1 N–H and O–H groups in total. The lowest BCUT2D eigenvalue weighted by Gasteiger charge is -2.28. The molecule has 94 valence electrons. The third-order valence-electron chi connectivity index (χ3n) is 3.74. The summed E-state index contributed by atoms with van der Waals surface area (Å²) in [7, 11) is 0. The third-order valence-corrected chi connectivity index (χ3v) is 3.74. The largest absolute Gasteiger partial charge is 0.432 e. The summed E-state index contributed by atoms with van der Waals surface area (Å²) in [6, 6.07) is 1.54. The molecular formula is C13H21N3O. The first kappa shape index (κ1) is 11.1. The molecular weight excluding hydrogens is 214 g/mol. The number of anilines is 1. The summed E-state index contributed by atoms with van der Waals surface area (Å²) in [6.45, 7) is 5.32. The lowest BCUT2D eigenvalue weighted by Crippen LogP contribution is -2.33. The van der Waals surface area contributed by atoms with Crippen LogP contribution in [0.15, 0.2) is 10.7 Å². The van der Waals surface area contributed by atoms with Gasteiger partial charge >= 0.3 is 0 Å². The number of nitrogens with one attached hydrogen (secondary N) is 1. The zero-order chi connectivity index (χ0) is 11.7. The number of hydrogen-bond acceptors (Lipinski definition) is 4. The molecule has 0 atom stereocenters. The summed E-state index contributed by atoms with van der Waals surface area (Å²) >= 11 is 0. The highest BCUT2D eigenvalue weighted by molar-refractivity contribution is 5.27. The molecule has 0 unspecified atom stereocenters. The normalized spacial score (nSPS) is 22.1. The van der Waals surface area contributed by atoms with Crippen molar-refractivity contribution >= 4 is 6.01 Å². The molecule has 0 bridgehead atoms. The van der Waals surface area contributed by atoms with E-state index in [0.29, 0.717) is 0 Å². The maximum atomic E-state index is 5.57.